The first-order valence-electron chi connectivity index (χ1n) is 8.60. The van der Waals surface area contributed by atoms with Crippen molar-refractivity contribution in [3.05, 3.63) is 45.5 Å². The van der Waals surface area contributed by atoms with Crippen LogP contribution in [0.3, 0.4) is 0 Å². The van der Waals surface area contributed by atoms with E-state index in [9.17, 15) is 9.90 Å². The van der Waals surface area contributed by atoms with Crippen LogP contribution in [-0.2, 0) is 10.2 Å². The van der Waals surface area contributed by atoms with E-state index < -0.39 is 6.10 Å². The fraction of sp³-hybridized carbons (Fsp3) is 0.526. The molecule has 4 nitrogen and oxygen atoms in total. The lowest BCUT2D eigenvalue weighted by atomic mass is 9.83. The summed E-state index contributed by atoms with van der Waals surface area (Å²) in [5.41, 5.74) is 0.455. The van der Waals surface area contributed by atoms with Crippen LogP contribution in [-0.4, -0.2) is 17.6 Å². The molecule has 2 aromatic rings. The van der Waals surface area contributed by atoms with Crippen LogP contribution in [0.2, 0.25) is 0 Å². The number of hydrogen-bond acceptors (Lipinski definition) is 4. The van der Waals surface area contributed by atoms with Crippen molar-refractivity contribution < 1.29 is 14.3 Å². The van der Waals surface area contributed by atoms with E-state index in [-0.39, 0.29) is 11.3 Å². The Morgan fingerprint density at radius 3 is 2.75 bits per heavy atom. The highest BCUT2D eigenvalue weighted by Gasteiger charge is 2.43. The minimum atomic E-state index is -0.607. The largest absolute Gasteiger partial charge is 0.466 e. The van der Waals surface area contributed by atoms with Crippen LogP contribution >= 0.6 is 11.3 Å². The maximum Gasteiger partial charge on any atom is 0.231 e. The average Bonchev–Trinajstić information content (AvgIpc) is 3.27. The quantitative estimate of drug-likeness (QED) is 0.830. The Kier molecular flexibility index (Phi) is 5.11. The Morgan fingerprint density at radius 2 is 2.17 bits per heavy atom. The normalized spacial score (nSPS) is 17.8. The lowest BCUT2D eigenvalue weighted by Crippen LogP contribution is -2.42. The van der Waals surface area contributed by atoms with Gasteiger partial charge in [0.1, 0.15) is 11.5 Å². The van der Waals surface area contributed by atoms with Gasteiger partial charge in [-0.1, -0.05) is 18.9 Å². The number of amides is 1. The van der Waals surface area contributed by atoms with Gasteiger partial charge in [0, 0.05) is 17.0 Å². The lowest BCUT2D eigenvalue weighted by Gasteiger charge is -2.26. The summed E-state index contributed by atoms with van der Waals surface area (Å²) in [6, 6.07) is 5.95. The average molecular weight is 347 g/mol. The van der Waals surface area contributed by atoms with Gasteiger partial charge < -0.3 is 14.8 Å². The summed E-state index contributed by atoms with van der Waals surface area (Å²) in [6.45, 7) is 4.20. The molecule has 0 aromatic carbocycles. The zero-order chi connectivity index (χ0) is 17.2. The van der Waals surface area contributed by atoms with Gasteiger partial charge in [-0.15, -0.1) is 11.3 Å². The Hall–Kier alpha value is -1.59. The van der Waals surface area contributed by atoms with Crippen molar-refractivity contribution in [2.75, 3.05) is 6.54 Å². The van der Waals surface area contributed by atoms with Gasteiger partial charge in [-0.3, -0.25) is 4.79 Å². The van der Waals surface area contributed by atoms with Gasteiger partial charge in [0.05, 0.1) is 11.5 Å². The molecule has 1 aliphatic carbocycles. The first-order chi connectivity index (χ1) is 11.5. The van der Waals surface area contributed by atoms with E-state index in [1.54, 1.807) is 11.3 Å². The number of rotatable bonds is 6. The topological polar surface area (TPSA) is 62.5 Å². The maximum absolute atomic E-state index is 12.9. The van der Waals surface area contributed by atoms with Crippen LogP contribution in [0.1, 0.15) is 60.2 Å². The van der Waals surface area contributed by atoms with E-state index in [2.05, 4.69) is 11.4 Å². The zero-order valence-electron chi connectivity index (χ0n) is 14.3. The van der Waals surface area contributed by atoms with Gasteiger partial charge >= 0.3 is 0 Å². The van der Waals surface area contributed by atoms with Gasteiger partial charge in [-0.2, -0.15) is 0 Å². The predicted molar refractivity (Wildman–Crippen MR) is 95.2 cm³/mol. The molecule has 2 N–H and O–H groups in total. The molecule has 1 fully saturated rings. The van der Waals surface area contributed by atoms with Crippen molar-refractivity contribution in [1.29, 1.82) is 0 Å². The standard InChI is InChI=1S/C19H25NO3S/c1-13-12-15(14(2)23-13)16(21)7-10-20-18(22)19(8-3-4-9-19)17-6-5-11-24-17/h5-6,11-12,16,21H,3-4,7-10H2,1-2H3,(H,20,22). The van der Waals surface area contributed by atoms with Crippen LogP contribution in [0, 0.1) is 13.8 Å². The third-order valence-electron chi connectivity index (χ3n) is 5.03. The van der Waals surface area contributed by atoms with E-state index in [1.807, 2.05) is 31.4 Å². The zero-order valence-corrected chi connectivity index (χ0v) is 15.1. The van der Waals surface area contributed by atoms with Crippen molar-refractivity contribution in [3.63, 3.8) is 0 Å². The third-order valence-corrected chi connectivity index (χ3v) is 6.10. The molecule has 0 aliphatic heterocycles. The smallest absolute Gasteiger partial charge is 0.231 e. The molecule has 1 amide bonds. The lowest BCUT2D eigenvalue weighted by molar-refractivity contribution is -0.126. The Balaban J connectivity index is 1.60. The number of furan rings is 1. The molecule has 1 aliphatic rings. The van der Waals surface area contributed by atoms with Gasteiger partial charge in [-0.25, -0.2) is 0 Å². The fourth-order valence-electron chi connectivity index (χ4n) is 3.74. The minimum absolute atomic E-state index is 0.106. The molecule has 2 aromatic heterocycles. The summed E-state index contributed by atoms with van der Waals surface area (Å²) in [4.78, 5) is 14.0. The Labute approximate surface area is 146 Å². The van der Waals surface area contributed by atoms with Crippen LogP contribution in [0.5, 0.6) is 0 Å². The van der Waals surface area contributed by atoms with E-state index in [0.29, 0.717) is 13.0 Å². The molecule has 24 heavy (non-hydrogen) atoms. The SMILES string of the molecule is Cc1cc(C(O)CCNC(=O)C2(c3cccs3)CCCC2)c(C)o1. The van der Waals surface area contributed by atoms with Crippen LogP contribution in [0.4, 0.5) is 0 Å². The van der Waals surface area contributed by atoms with Crippen molar-refractivity contribution in [2.24, 2.45) is 0 Å². The van der Waals surface area contributed by atoms with E-state index in [4.69, 9.17) is 4.42 Å². The van der Waals surface area contributed by atoms with Gasteiger partial charge in [0.15, 0.2) is 0 Å². The summed E-state index contributed by atoms with van der Waals surface area (Å²) in [5, 5.41) is 15.4. The molecule has 1 unspecified atom stereocenters. The van der Waals surface area contributed by atoms with Crippen LogP contribution < -0.4 is 5.32 Å². The first-order valence-corrected chi connectivity index (χ1v) is 9.48. The van der Waals surface area contributed by atoms with Crippen molar-refractivity contribution >= 4 is 17.2 Å². The second-order valence-corrected chi connectivity index (χ2v) is 7.64. The second-order valence-electron chi connectivity index (χ2n) is 6.70. The molecule has 0 radical (unpaired) electrons. The molecule has 1 atom stereocenters. The minimum Gasteiger partial charge on any atom is -0.466 e. The van der Waals surface area contributed by atoms with Gasteiger partial charge in [0.2, 0.25) is 5.91 Å². The van der Waals surface area contributed by atoms with E-state index >= 15 is 0 Å². The Bertz CT molecular complexity index is 684. The highest BCUT2D eigenvalue weighted by atomic mass is 32.1. The number of aryl methyl sites for hydroxylation is 2. The third kappa shape index (κ3) is 3.28. The molecular weight excluding hydrogens is 322 g/mol. The number of carbonyl (C=O) groups excluding carboxylic acids is 1. The van der Waals surface area contributed by atoms with Crippen molar-refractivity contribution in [2.45, 2.75) is 57.5 Å². The molecule has 0 bridgehead atoms. The van der Waals surface area contributed by atoms with Crippen LogP contribution in [0.25, 0.3) is 0 Å². The monoisotopic (exact) mass is 347 g/mol. The number of aliphatic hydroxyl groups is 1. The highest BCUT2D eigenvalue weighted by molar-refractivity contribution is 7.10. The summed E-state index contributed by atoms with van der Waals surface area (Å²) in [7, 11) is 0. The van der Waals surface area contributed by atoms with Crippen molar-refractivity contribution in [1.82, 2.24) is 5.32 Å². The first kappa shape index (κ1) is 17.2. The summed E-state index contributed by atoms with van der Waals surface area (Å²) >= 11 is 1.67. The van der Waals surface area contributed by atoms with Crippen LogP contribution in [0.15, 0.2) is 28.0 Å². The molecule has 1 saturated carbocycles. The molecular formula is C19H25NO3S. The molecule has 0 spiro atoms. The maximum atomic E-state index is 12.9. The molecule has 130 valence electrons. The predicted octanol–water partition coefficient (Wildman–Crippen LogP) is 4.01. The number of hydrogen-bond donors (Lipinski definition) is 2. The van der Waals surface area contributed by atoms with Crippen molar-refractivity contribution in [3.8, 4) is 0 Å². The van der Waals surface area contributed by atoms with Gasteiger partial charge in [-0.05, 0) is 50.6 Å². The molecule has 5 heteroatoms. The van der Waals surface area contributed by atoms with Gasteiger partial charge in [0.25, 0.3) is 0 Å². The summed E-state index contributed by atoms with van der Waals surface area (Å²) < 4.78 is 5.46. The van der Waals surface area contributed by atoms with E-state index in [1.165, 1.54) is 4.88 Å². The number of thiophene rings is 1. The summed E-state index contributed by atoms with van der Waals surface area (Å²) in [5.74, 6) is 1.65. The fourth-order valence-corrected chi connectivity index (χ4v) is 4.73. The highest BCUT2D eigenvalue weighted by Crippen LogP contribution is 2.43. The molecule has 2 heterocycles. The number of aliphatic hydroxyl groups excluding tert-OH is 1. The van der Waals surface area contributed by atoms with E-state index in [0.717, 1.165) is 42.8 Å². The number of nitrogens with one attached hydrogen (secondary N) is 1. The Morgan fingerprint density at radius 1 is 1.42 bits per heavy atom. The second kappa shape index (κ2) is 7.11. The number of carbonyl (C=O) groups is 1. The summed E-state index contributed by atoms with van der Waals surface area (Å²) in [6.07, 6.45) is 3.92. The molecule has 3 rings (SSSR count). The molecule has 0 saturated heterocycles.